The maximum atomic E-state index is 12.8. The number of ether oxygens (including phenoxy) is 4. The third-order valence-corrected chi connectivity index (χ3v) is 12.1. The first-order chi connectivity index (χ1) is 31.3. The molecule has 0 saturated carbocycles. The van der Waals surface area contributed by atoms with Crippen LogP contribution < -0.4 is 0 Å². The van der Waals surface area contributed by atoms with Gasteiger partial charge in [-0.15, -0.1) is 0 Å². The number of hydrogen-bond acceptors (Lipinski definition) is 11. The molecular weight excluding hydrogens is 807 g/mol. The van der Waals surface area contributed by atoms with Crippen LogP contribution in [0.5, 0.6) is 0 Å². The lowest BCUT2D eigenvalue weighted by molar-refractivity contribution is -0.199. The molecule has 0 radical (unpaired) electrons. The van der Waals surface area contributed by atoms with Gasteiger partial charge in [0.2, 0.25) is 0 Å². The van der Waals surface area contributed by atoms with Crippen molar-refractivity contribution in [3.05, 3.63) is 12.3 Å². The third kappa shape index (κ3) is 38.0. The van der Waals surface area contributed by atoms with Crippen molar-refractivity contribution in [2.24, 2.45) is 0 Å². The van der Waals surface area contributed by atoms with E-state index in [9.17, 15) is 14.4 Å². The molecule has 0 aromatic rings. The van der Waals surface area contributed by atoms with Gasteiger partial charge in [0.1, 0.15) is 25.7 Å². The first-order valence-corrected chi connectivity index (χ1v) is 26.9. The van der Waals surface area contributed by atoms with Crippen molar-refractivity contribution in [3.63, 3.8) is 0 Å². The minimum absolute atomic E-state index is 0.0226. The third-order valence-electron chi connectivity index (χ3n) is 12.1. The van der Waals surface area contributed by atoms with E-state index in [-0.39, 0.29) is 37.0 Å². The van der Waals surface area contributed by atoms with Crippen molar-refractivity contribution >= 4 is 17.9 Å². The summed E-state index contributed by atoms with van der Waals surface area (Å²) in [6, 6.07) is 0. The molecule has 0 aliphatic carbocycles. The van der Waals surface area contributed by atoms with Gasteiger partial charge in [0.15, 0.2) is 0 Å². The van der Waals surface area contributed by atoms with E-state index >= 15 is 0 Å². The fraction of sp³-hybridized carbons (Fsp3) is 0.906. The molecule has 0 spiro atoms. The Morgan fingerprint density at radius 3 is 1.55 bits per heavy atom. The molecule has 1 unspecified atom stereocenters. The first kappa shape index (κ1) is 59.8. The van der Waals surface area contributed by atoms with E-state index in [4.69, 9.17) is 23.8 Å². The lowest BCUT2D eigenvalue weighted by Gasteiger charge is -2.36. The zero-order valence-corrected chi connectivity index (χ0v) is 42.4. The van der Waals surface area contributed by atoms with Gasteiger partial charge in [-0.2, -0.15) is 0 Å². The molecule has 1 heterocycles. The van der Waals surface area contributed by atoms with Crippen LogP contribution in [-0.2, 0) is 38.2 Å². The monoisotopic (exact) mass is 908 g/mol. The summed E-state index contributed by atoms with van der Waals surface area (Å²) in [6.07, 6.45) is 41.3. The number of hydroxylamine groups is 2. The van der Waals surface area contributed by atoms with Crippen molar-refractivity contribution in [1.29, 1.82) is 0 Å². The van der Waals surface area contributed by atoms with Gasteiger partial charge in [0.05, 0.1) is 13.2 Å². The maximum absolute atomic E-state index is 12.8. The lowest BCUT2D eigenvalue weighted by Crippen LogP contribution is -2.47. The van der Waals surface area contributed by atoms with Crippen molar-refractivity contribution in [2.75, 3.05) is 53.9 Å². The normalized spacial score (nSPS) is 14.2. The molecule has 0 bridgehead atoms. The van der Waals surface area contributed by atoms with Gasteiger partial charge < -0.3 is 23.8 Å². The Hall–Kier alpha value is -2.21. The van der Waals surface area contributed by atoms with Crippen molar-refractivity contribution in [2.45, 2.75) is 258 Å². The van der Waals surface area contributed by atoms with Crippen LogP contribution in [0, 0.1) is 0 Å². The maximum Gasteiger partial charge on any atom is 0.307 e. The van der Waals surface area contributed by atoms with Crippen LogP contribution in [-0.4, -0.2) is 99.0 Å². The topological polar surface area (TPSA) is 107 Å². The fourth-order valence-electron chi connectivity index (χ4n) is 8.04. The van der Waals surface area contributed by atoms with E-state index in [1.807, 2.05) is 31.3 Å². The van der Waals surface area contributed by atoms with Crippen LogP contribution in [0.1, 0.15) is 245 Å². The van der Waals surface area contributed by atoms with E-state index in [0.717, 1.165) is 116 Å². The number of unbranched alkanes of at least 4 members (excludes halogenated alkanes) is 24. The summed E-state index contributed by atoms with van der Waals surface area (Å²) in [5, 5.41) is 1.79. The Balaban J connectivity index is 2.37. The molecule has 0 amide bonds. The highest BCUT2D eigenvalue weighted by atomic mass is 16.7. The Kier molecular flexibility index (Phi) is 41.7. The second kappa shape index (κ2) is 44.6. The zero-order valence-electron chi connectivity index (χ0n) is 42.4. The second-order valence-electron chi connectivity index (χ2n) is 18.7. The van der Waals surface area contributed by atoms with Gasteiger partial charge in [0, 0.05) is 32.1 Å². The molecule has 64 heavy (non-hydrogen) atoms. The molecule has 1 aliphatic rings. The molecule has 1 atom stereocenters. The highest BCUT2D eigenvalue weighted by Crippen LogP contribution is 2.20. The summed E-state index contributed by atoms with van der Waals surface area (Å²) in [4.78, 5) is 47.6. The average molecular weight is 908 g/mol. The fourth-order valence-corrected chi connectivity index (χ4v) is 8.04. The van der Waals surface area contributed by atoms with Crippen LogP contribution >= 0.6 is 0 Å². The van der Waals surface area contributed by atoms with Gasteiger partial charge in [-0.3, -0.25) is 19.2 Å². The lowest BCUT2D eigenvalue weighted by atomic mass is 10.0. The van der Waals surface area contributed by atoms with Gasteiger partial charge in [-0.05, 0) is 90.9 Å². The van der Waals surface area contributed by atoms with Crippen LogP contribution in [0.15, 0.2) is 12.3 Å². The zero-order chi connectivity index (χ0) is 46.6. The molecule has 1 rings (SSSR count). The minimum Gasteiger partial charge on any atom is -0.466 e. The predicted molar refractivity (Wildman–Crippen MR) is 262 cm³/mol. The molecule has 0 aromatic heterocycles. The number of hydrogen-bond donors (Lipinski definition) is 0. The SMILES string of the molecule is CCCCCCCCCOC(=O)CCCCCCCON1C=CC(OCCCCCCCC(=O)OC(CCCCCCCC)CCCCCCCC)N(COC(=O)CCCN(C)C)C1. The molecule has 376 valence electrons. The minimum atomic E-state index is -0.313. The van der Waals surface area contributed by atoms with E-state index in [1.54, 1.807) is 5.06 Å². The van der Waals surface area contributed by atoms with Crippen LogP contribution in [0.2, 0.25) is 0 Å². The number of esters is 3. The van der Waals surface area contributed by atoms with E-state index < -0.39 is 0 Å². The Morgan fingerprint density at radius 2 is 0.984 bits per heavy atom. The summed E-state index contributed by atoms with van der Waals surface area (Å²) in [7, 11) is 4.00. The summed E-state index contributed by atoms with van der Waals surface area (Å²) in [6.45, 7) is 9.88. The Bertz CT molecular complexity index is 1090. The van der Waals surface area contributed by atoms with E-state index in [2.05, 4.69) is 25.7 Å². The summed E-state index contributed by atoms with van der Waals surface area (Å²) in [5.41, 5.74) is 0. The smallest absolute Gasteiger partial charge is 0.307 e. The quantitative estimate of drug-likeness (QED) is 0.0331. The predicted octanol–water partition coefficient (Wildman–Crippen LogP) is 13.6. The molecule has 11 nitrogen and oxygen atoms in total. The molecule has 1 aliphatic heterocycles. The Morgan fingerprint density at radius 1 is 0.531 bits per heavy atom. The summed E-state index contributed by atoms with van der Waals surface area (Å²) in [5.74, 6) is -0.298. The number of carbonyl (C=O) groups is 3. The largest absolute Gasteiger partial charge is 0.466 e. The van der Waals surface area contributed by atoms with Gasteiger partial charge >= 0.3 is 17.9 Å². The van der Waals surface area contributed by atoms with Crippen LogP contribution in [0.4, 0.5) is 0 Å². The van der Waals surface area contributed by atoms with Crippen LogP contribution in [0.3, 0.4) is 0 Å². The summed E-state index contributed by atoms with van der Waals surface area (Å²) < 4.78 is 23.4. The number of rotatable bonds is 47. The van der Waals surface area contributed by atoms with Crippen LogP contribution in [0.25, 0.3) is 0 Å². The summed E-state index contributed by atoms with van der Waals surface area (Å²) >= 11 is 0. The van der Waals surface area contributed by atoms with E-state index in [0.29, 0.717) is 45.8 Å². The van der Waals surface area contributed by atoms with Crippen molar-refractivity contribution in [3.8, 4) is 0 Å². The molecule has 0 fully saturated rings. The van der Waals surface area contributed by atoms with Crippen molar-refractivity contribution in [1.82, 2.24) is 14.9 Å². The average Bonchev–Trinajstić information content (AvgIpc) is 3.28. The highest BCUT2D eigenvalue weighted by molar-refractivity contribution is 5.70. The standard InChI is InChI=1S/C53H101N3O8/c1-6-9-12-15-18-25-33-45-61-51(57)38-30-23-20-27-34-46-63-56-43-41-50(55(47-56)48-62-52(58)40-35-42-54(4)5)60-44-32-26-19-24-31-39-53(59)64-49(36-28-21-16-13-10-7-2)37-29-22-17-14-11-8-3/h41,43,49-50H,6-40,42,44-48H2,1-5H3. The van der Waals surface area contributed by atoms with Gasteiger partial charge in [-0.25, -0.2) is 9.96 Å². The number of carbonyl (C=O) groups excluding carboxylic acids is 3. The molecule has 11 heteroatoms. The molecule has 0 aromatic carbocycles. The molecular formula is C53H101N3O8. The van der Waals surface area contributed by atoms with Gasteiger partial charge in [0.25, 0.3) is 0 Å². The number of nitrogens with zero attached hydrogens (tertiary/aromatic N) is 3. The molecule has 0 saturated heterocycles. The second-order valence-corrected chi connectivity index (χ2v) is 18.7. The Labute approximate surface area is 393 Å². The van der Waals surface area contributed by atoms with E-state index in [1.165, 1.54) is 96.3 Å². The molecule has 0 N–H and O–H groups in total. The highest BCUT2D eigenvalue weighted by Gasteiger charge is 2.25. The van der Waals surface area contributed by atoms with Gasteiger partial charge in [-0.1, -0.05) is 162 Å². The van der Waals surface area contributed by atoms with Crippen molar-refractivity contribution < 1.29 is 38.2 Å². The first-order valence-electron chi connectivity index (χ1n) is 26.9.